The summed E-state index contributed by atoms with van der Waals surface area (Å²) in [6.45, 7) is 9.08. The number of anilines is 4. The lowest BCUT2D eigenvalue weighted by Crippen LogP contribution is -2.37. The van der Waals surface area contributed by atoms with Crippen molar-refractivity contribution >= 4 is 34.1 Å². The number of rotatable bonds is 10. The summed E-state index contributed by atoms with van der Waals surface area (Å²) >= 11 is 0. The molecule has 1 atom stereocenters. The largest absolute Gasteiger partial charge is 0.494 e. The molecule has 2 aromatic carbocycles. The summed E-state index contributed by atoms with van der Waals surface area (Å²) in [6.07, 6.45) is 2.57. The van der Waals surface area contributed by atoms with Crippen LogP contribution in [0.5, 0.6) is 5.75 Å². The quantitative estimate of drug-likeness (QED) is 0.326. The Bertz CT molecular complexity index is 1080. The molecule has 0 aliphatic carbocycles. The van der Waals surface area contributed by atoms with Crippen molar-refractivity contribution in [1.29, 1.82) is 0 Å². The monoisotopic (exact) mass is 468 g/mol. The van der Waals surface area contributed by atoms with Crippen LogP contribution in [0, 0.1) is 6.92 Å². The summed E-state index contributed by atoms with van der Waals surface area (Å²) in [5.41, 5.74) is 7.77. The zero-order valence-electron chi connectivity index (χ0n) is 19.5. The molecule has 5 N–H and O–H groups in total. The molecule has 0 aliphatic heterocycles. The van der Waals surface area contributed by atoms with Crippen LogP contribution in [0.2, 0.25) is 0 Å². The summed E-state index contributed by atoms with van der Waals surface area (Å²) in [5.74, 6) is 1.93. The summed E-state index contributed by atoms with van der Waals surface area (Å²) < 4.78 is 21.3. The smallest absolute Gasteiger partial charge is 0.229 e. The molecule has 1 heterocycles. The van der Waals surface area contributed by atoms with Gasteiger partial charge >= 0.3 is 0 Å². The van der Waals surface area contributed by atoms with Crippen molar-refractivity contribution in [1.82, 2.24) is 14.7 Å². The number of hydrogen-bond acceptors (Lipinski definition) is 7. The number of aryl methyl sites for hydroxylation is 1. The van der Waals surface area contributed by atoms with E-state index in [-0.39, 0.29) is 5.54 Å². The molecule has 8 nitrogen and oxygen atoms in total. The third kappa shape index (κ3) is 7.81. The third-order valence-corrected chi connectivity index (χ3v) is 5.89. The Hall–Kier alpha value is -3.01. The molecule has 0 fully saturated rings. The Morgan fingerprint density at radius 3 is 2.52 bits per heavy atom. The van der Waals surface area contributed by atoms with E-state index in [9.17, 15) is 4.21 Å². The first-order valence-corrected chi connectivity index (χ1v) is 12.0. The zero-order chi connectivity index (χ0) is 23.8. The van der Waals surface area contributed by atoms with E-state index in [0.717, 1.165) is 29.1 Å². The molecule has 0 radical (unpaired) electrons. The number of benzene rings is 2. The minimum absolute atomic E-state index is 0.257. The van der Waals surface area contributed by atoms with Crippen LogP contribution in [-0.4, -0.2) is 32.9 Å². The molecule has 3 aromatic rings. The topological polar surface area (TPSA) is 114 Å². The number of ether oxygens (including phenoxy) is 1. The van der Waals surface area contributed by atoms with E-state index >= 15 is 0 Å². The van der Waals surface area contributed by atoms with Crippen molar-refractivity contribution in [2.45, 2.75) is 44.6 Å². The average Bonchev–Trinajstić information content (AvgIpc) is 2.76. The zero-order valence-corrected chi connectivity index (χ0v) is 20.3. The first kappa shape index (κ1) is 24.6. The summed E-state index contributed by atoms with van der Waals surface area (Å²) in [5, 5.41) is 6.52. The highest BCUT2D eigenvalue weighted by Gasteiger charge is 2.15. The van der Waals surface area contributed by atoms with Gasteiger partial charge in [0.1, 0.15) is 22.6 Å². The molecule has 33 heavy (non-hydrogen) atoms. The Kier molecular flexibility index (Phi) is 8.37. The second kappa shape index (κ2) is 11.2. The fraction of sp³-hybridized carbons (Fsp3) is 0.333. The first-order valence-electron chi connectivity index (χ1n) is 10.8. The van der Waals surface area contributed by atoms with Crippen LogP contribution in [0.3, 0.4) is 0 Å². The number of nitrogens with two attached hydrogens (primary N) is 1. The van der Waals surface area contributed by atoms with Crippen LogP contribution in [0.4, 0.5) is 23.1 Å². The van der Waals surface area contributed by atoms with E-state index in [1.54, 1.807) is 6.20 Å². The maximum absolute atomic E-state index is 12.6. The lowest BCUT2D eigenvalue weighted by atomic mass is 10.1. The van der Waals surface area contributed by atoms with E-state index in [4.69, 9.17) is 10.5 Å². The van der Waals surface area contributed by atoms with E-state index < -0.39 is 11.0 Å². The van der Waals surface area contributed by atoms with E-state index in [2.05, 4.69) is 25.3 Å². The van der Waals surface area contributed by atoms with Gasteiger partial charge in [0.2, 0.25) is 5.95 Å². The molecule has 0 amide bonds. The molecule has 0 spiro atoms. The Balaban J connectivity index is 1.69. The molecule has 176 valence electrons. The van der Waals surface area contributed by atoms with Gasteiger partial charge < -0.3 is 21.1 Å². The Morgan fingerprint density at radius 1 is 1.06 bits per heavy atom. The van der Waals surface area contributed by atoms with Gasteiger partial charge in [-0.25, -0.2) is 13.9 Å². The van der Waals surface area contributed by atoms with Crippen molar-refractivity contribution in [2.24, 2.45) is 5.73 Å². The Morgan fingerprint density at radius 2 is 1.82 bits per heavy atom. The minimum atomic E-state index is -1.31. The van der Waals surface area contributed by atoms with Gasteiger partial charge in [-0.05, 0) is 83.1 Å². The van der Waals surface area contributed by atoms with Crippen molar-refractivity contribution in [3.05, 3.63) is 60.3 Å². The molecule has 0 saturated heterocycles. The normalized spacial score (nSPS) is 12.3. The van der Waals surface area contributed by atoms with Crippen LogP contribution in [0.25, 0.3) is 0 Å². The van der Waals surface area contributed by atoms with E-state index in [1.807, 2.05) is 76.2 Å². The van der Waals surface area contributed by atoms with Gasteiger partial charge in [-0.2, -0.15) is 4.98 Å². The molecule has 9 heteroatoms. The minimum Gasteiger partial charge on any atom is -0.494 e. The fourth-order valence-electron chi connectivity index (χ4n) is 2.83. The summed E-state index contributed by atoms with van der Waals surface area (Å²) in [6, 6.07) is 15.1. The highest BCUT2D eigenvalue weighted by Crippen LogP contribution is 2.23. The number of aromatic nitrogens is 2. The van der Waals surface area contributed by atoms with Crippen molar-refractivity contribution in [2.75, 3.05) is 23.8 Å². The second-order valence-electron chi connectivity index (χ2n) is 8.64. The van der Waals surface area contributed by atoms with Crippen LogP contribution in [0.15, 0.2) is 59.6 Å². The number of nitrogens with one attached hydrogen (secondary N) is 3. The summed E-state index contributed by atoms with van der Waals surface area (Å²) in [4.78, 5) is 9.68. The third-order valence-electron chi connectivity index (χ3n) is 4.41. The molecular weight excluding hydrogens is 436 g/mol. The fourth-order valence-corrected chi connectivity index (χ4v) is 3.94. The standard InChI is InChI=1S/C24H32N6O2S/c1-17-16-26-23(28-18-9-11-20(12-10-18)32-14-6-13-25)29-22(17)27-19-7-5-8-21(15-19)33(31)30-24(2,3)4/h5,7-12,15-16,30H,6,13-14,25H2,1-4H3,(H2,26,27,28,29). The van der Waals surface area contributed by atoms with Crippen LogP contribution < -0.4 is 25.8 Å². The van der Waals surface area contributed by atoms with E-state index in [0.29, 0.717) is 29.8 Å². The maximum Gasteiger partial charge on any atom is 0.229 e. The molecule has 3 rings (SSSR count). The highest BCUT2D eigenvalue weighted by molar-refractivity contribution is 7.83. The lowest BCUT2D eigenvalue weighted by Gasteiger charge is -2.19. The van der Waals surface area contributed by atoms with Gasteiger partial charge in [0, 0.05) is 28.7 Å². The SMILES string of the molecule is Cc1cnc(Nc2ccc(OCCCN)cc2)nc1Nc1cccc(S(=O)NC(C)(C)C)c1. The maximum atomic E-state index is 12.6. The van der Waals surface area contributed by atoms with Crippen LogP contribution >= 0.6 is 0 Å². The average molecular weight is 469 g/mol. The van der Waals surface area contributed by atoms with Gasteiger partial charge in [0.25, 0.3) is 0 Å². The molecule has 0 aliphatic rings. The first-order chi connectivity index (χ1) is 15.7. The molecule has 1 unspecified atom stereocenters. The summed E-state index contributed by atoms with van der Waals surface area (Å²) in [7, 11) is -1.31. The van der Waals surface area contributed by atoms with Crippen molar-refractivity contribution in [3.63, 3.8) is 0 Å². The van der Waals surface area contributed by atoms with Crippen molar-refractivity contribution < 1.29 is 8.95 Å². The molecular formula is C24H32N6O2S. The Labute approximate surface area is 198 Å². The van der Waals surface area contributed by atoms with Gasteiger partial charge in [0.15, 0.2) is 0 Å². The van der Waals surface area contributed by atoms with Crippen molar-refractivity contribution in [3.8, 4) is 5.75 Å². The lowest BCUT2D eigenvalue weighted by molar-refractivity contribution is 0.313. The number of nitrogens with zero attached hydrogens (tertiary/aromatic N) is 2. The van der Waals surface area contributed by atoms with Gasteiger partial charge in [0.05, 0.1) is 11.5 Å². The predicted molar refractivity (Wildman–Crippen MR) is 135 cm³/mol. The highest BCUT2D eigenvalue weighted by atomic mass is 32.2. The molecule has 0 saturated carbocycles. The molecule has 1 aromatic heterocycles. The van der Waals surface area contributed by atoms with Crippen LogP contribution in [0.1, 0.15) is 32.8 Å². The number of hydrogen-bond donors (Lipinski definition) is 4. The predicted octanol–water partition coefficient (Wildman–Crippen LogP) is 4.41. The van der Waals surface area contributed by atoms with Gasteiger partial charge in [-0.15, -0.1) is 0 Å². The molecule has 0 bridgehead atoms. The van der Waals surface area contributed by atoms with Gasteiger partial charge in [-0.1, -0.05) is 6.07 Å². The second-order valence-corrected chi connectivity index (χ2v) is 9.85. The van der Waals surface area contributed by atoms with Crippen LogP contribution in [-0.2, 0) is 11.0 Å². The van der Waals surface area contributed by atoms with E-state index in [1.165, 1.54) is 0 Å². The van der Waals surface area contributed by atoms with Gasteiger partial charge in [-0.3, -0.25) is 0 Å².